The Hall–Kier alpha value is -2.98. The number of hydrogen-bond acceptors (Lipinski definition) is 2. The van der Waals surface area contributed by atoms with Gasteiger partial charge in [0.15, 0.2) is 0 Å². The minimum atomic E-state index is -0.219. The van der Waals surface area contributed by atoms with Crippen LogP contribution < -0.4 is 0 Å². The molecule has 0 bridgehead atoms. The van der Waals surface area contributed by atoms with Gasteiger partial charge in [0.25, 0.3) is 0 Å². The van der Waals surface area contributed by atoms with Crippen LogP contribution in [0.5, 0.6) is 0 Å². The molecule has 0 amide bonds. The molecule has 1 atom stereocenters. The normalized spacial score (nSPS) is 18.6. The third-order valence-corrected chi connectivity index (χ3v) is 6.46. The quantitative estimate of drug-likeness (QED) is 0.492. The lowest BCUT2D eigenvalue weighted by molar-refractivity contribution is 0.299. The molecule has 3 nitrogen and oxygen atoms in total. The molecule has 31 heavy (non-hydrogen) atoms. The molecule has 2 aliphatic heterocycles. The Bertz CT molecular complexity index is 1140. The molecule has 4 heteroatoms. The number of benzene rings is 1. The lowest BCUT2D eigenvalue weighted by atomic mass is 9.89. The van der Waals surface area contributed by atoms with Gasteiger partial charge >= 0.3 is 0 Å². The number of nitrogens with one attached hydrogen (secondary N) is 1. The summed E-state index contributed by atoms with van der Waals surface area (Å²) >= 11 is 0. The van der Waals surface area contributed by atoms with Crippen LogP contribution in [-0.2, 0) is 0 Å². The monoisotopic (exact) mass is 413 g/mol. The molecule has 1 unspecified atom stereocenters. The van der Waals surface area contributed by atoms with Crippen molar-refractivity contribution in [3.05, 3.63) is 83.6 Å². The second-order valence-corrected chi connectivity index (χ2v) is 8.60. The van der Waals surface area contributed by atoms with Gasteiger partial charge in [0.05, 0.1) is 5.69 Å². The Morgan fingerprint density at radius 3 is 2.55 bits per heavy atom. The third-order valence-electron chi connectivity index (χ3n) is 6.46. The van der Waals surface area contributed by atoms with Crippen LogP contribution in [0.25, 0.3) is 28.0 Å². The van der Waals surface area contributed by atoms with Gasteiger partial charge in [-0.15, -0.1) is 0 Å². The molecule has 0 fully saturated rings. The molecule has 0 aliphatic carbocycles. The minimum Gasteiger partial charge on any atom is -0.358 e. The summed E-state index contributed by atoms with van der Waals surface area (Å²) in [5.41, 5.74) is 9.74. The van der Waals surface area contributed by atoms with Crippen LogP contribution in [0.1, 0.15) is 37.4 Å². The smallest absolute Gasteiger partial charge is 0.123 e. The van der Waals surface area contributed by atoms with Crippen LogP contribution in [0.3, 0.4) is 0 Å². The first kappa shape index (κ1) is 20.0. The topological polar surface area (TPSA) is 31.9 Å². The van der Waals surface area contributed by atoms with Crippen LogP contribution in [0.15, 0.2) is 66.5 Å². The van der Waals surface area contributed by atoms with E-state index in [0.717, 1.165) is 42.0 Å². The summed E-state index contributed by atoms with van der Waals surface area (Å²) in [5, 5.41) is 0. The van der Waals surface area contributed by atoms with Crippen molar-refractivity contribution >= 4 is 5.57 Å². The molecule has 0 radical (unpaired) electrons. The first-order chi connectivity index (χ1) is 15.1. The van der Waals surface area contributed by atoms with Crippen LogP contribution in [0.4, 0.5) is 4.39 Å². The van der Waals surface area contributed by atoms with E-state index in [9.17, 15) is 4.39 Å². The second-order valence-electron chi connectivity index (χ2n) is 8.60. The van der Waals surface area contributed by atoms with Crippen molar-refractivity contribution in [3.63, 3.8) is 0 Å². The standard InChI is InChI=1S/C27H28FN3/c1-3-4-19-15-24-16-22(11-14-31(24)17-19)25-18(2)30-27(21-5-7-23(28)8-6-21)26(25)20-9-12-29-13-10-20/h5-10,12-13,15-16,24,30H,3-4,11,14,17H2,1-2H3. The molecule has 158 valence electrons. The Kier molecular flexibility index (Phi) is 5.33. The number of nitrogens with zero attached hydrogens (tertiary/aromatic N) is 2. The van der Waals surface area contributed by atoms with Crippen molar-refractivity contribution in [2.75, 3.05) is 13.1 Å². The molecule has 0 saturated heterocycles. The average Bonchev–Trinajstić information content (AvgIpc) is 3.34. The van der Waals surface area contributed by atoms with Gasteiger partial charge in [-0.3, -0.25) is 9.88 Å². The number of aryl methyl sites for hydroxylation is 1. The van der Waals surface area contributed by atoms with Gasteiger partial charge in [0.1, 0.15) is 5.82 Å². The average molecular weight is 414 g/mol. The summed E-state index contributed by atoms with van der Waals surface area (Å²) in [6, 6.07) is 11.3. The van der Waals surface area contributed by atoms with E-state index >= 15 is 0 Å². The molecule has 5 rings (SSSR count). The van der Waals surface area contributed by atoms with Crippen molar-refractivity contribution in [2.24, 2.45) is 0 Å². The number of halogens is 1. The van der Waals surface area contributed by atoms with Crippen molar-refractivity contribution in [1.29, 1.82) is 0 Å². The van der Waals surface area contributed by atoms with E-state index in [1.54, 1.807) is 5.57 Å². The van der Waals surface area contributed by atoms with Gasteiger partial charge < -0.3 is 4.98 Å². The van der Waals surface area contributed by atoms with Crippen molar-refractivity contribution < 1.29 is 4.39 Å². The minimum absolute atomic E-state index is 0.219. The molecule has 4 heterocycles. The van der Waals surface area contributed by atoms with Gasteiger partial charge in [-0.2, -0.15) is 0 Å². The van der Waals surface area contributed by atoms with Crippen molar-refractivity contribution in [3.8, 4) is 22.4 Å². The summed E-state index contributed by atoms with van der Waals surface area (Å²) < 4.78 is 13.6. The van der Waals surface area contributed by atoms with E-state index in [0.29, 0.717) is 6.04 Å². The lowest BCUT2D eigenvalue weighted by Gasteiger charge is -2.29. The van der Waals surface area contributed by atoms with Gasteiger partial charge in [-0.05, 0) is 72.9 Å². The fraction of sp³-hybridized carbons (Fsp3) is 0.296. The zero-order valence-electron chi connectivity index (χ0n) is 18.2. The van der Waals surface area contributed by atoms with E-state index in [1.165, 1.54) is 41.7 Å². The van der Waals surface area contributed by atoms with Gasteiger partial charge in [-0.1, -0.05) is 31.1 Å². The summed E-state index contributed by atoms with van der Waals surface area (Å²) in [6.07, 6.45) is 12.0. The van der Waals surface area contributed by atoms with Gasteiger partial charge in [0.2, 0.25) is 0 Å². The number of aromatic nitrogens is 2. The predicted octanol–water partition coefficient (Wildman–Crippen LogP) is 6.39. The van der Waals surface area contributed by atoms with Crippen LogP contribution in [0.2, 0.25) is 0 Å². The van der Waals surface area contributed by atoms with Crippen LogP contribution in [0, 0.1) is 12.7 Å². The van der Waals surface area contributed by atoms with E-state index < -0.39 is 0 Å². The second kappa shape index (κ2) is 8.27. The highest BCUT2D eigenvalue weighted by Crippen LogP contribution is 2.42. The number of hydrogen-bond donors (Lipinski definition) is 1. The van der Waals surface area contributed by atoms with Crippen LogP contribution in [-0.4, -0.2) is 34.0 Å². The third kappa shape index (κ3) is 3.77. The molecular formula is C27H28FN3. The van der Waals surface area contributed by atoms with Crippen LogP contribution >= 0.6 is 0 Å². The fourth-order valence-corrected chi connectivity index (χ4v) is 5.06. The summed E-state index contributed by atoms with van der Waals surface area (Å²) in [5.74, 6) is -0.219. The van der Waals surface area contributed by atoms with E-state index in [-0.39, 0.29) is 5.82 Å². The Morgan fingerprint density at radius 1 is 1.03 bits per heavy atom. The molecule has 1 N–H and O–H groups in total. The molecule has 1 aromatic carbocycles. The maximum absolute atomic E-state index is 13.6. The maximum atomic E-state index is 13.6. The van der Waals surface area contributed by atoms with E-state index in [2.05, 4.69) is 53.0 Å². The first-order valence-corrected chi connectivity index (χ1v) is 11.2. The highest BCUT2D eigenvalue weighted by Gasteiger charge is 2.29. The Morgan fingerprint density at radius 2 is 1.81 bits per heavy atom. The lowest BCUT2D eigenvalue weighted by Crippen LogP contribution is -2.33. The van der Waals surface area contributed by atoms with Gasteiger partial charge in [-0.25, -0.2) is 4.39 Å². The number of H-pyrrole nitrogens is 1. The predicted molar refractivity (Wildman–Crippen MR) is 125 cm³/mol. The van der Waals surface area contributed by atoms with E-state index in [4.69, 9.17) is 0 Å². The summed E-state index contributed by atoms with van der Waals surface area (Å²) in [7, 11) is 0. The van der Waals surface area contributed by atoms with Gasteiger partial charge in [0, 0.05) is 48.3 Å². The Balaban J connectivity index is 1.64. The van der Waals surface area contributed by atoms with E-state index in [1.807, 2.05) is 24.5 Å². The largest absolute Gasteiger partial charge is 0.358 e. The maximum Gasteiger partial charge on any atom is 0.123 e. The molecule has 3 aromatic rings. The first-order valence-electron chi connectivity index (χ1n) is 11.2. The number of fused-ring (bicyclic) bond motifs is 1. The summed E-state index contributed by atoms with van der Waals surface area (Å²) in [6.45, 7) is 6.58. The molecular weight excluding hydrogens is 385 g/mol. The summed E-state index contributed by atoms with van der Waals surface area (Å²) in [4.78, 5) is 10.4. The number of rotatable bonds is 5. The zero-order valence-corrected chi connectivity index (χ0v) is 18.2. The SMILES string of the molecule is CCCC1=CC2C=C(c3c(C)[nH]c(-c4ccc(F)cc4)c3-c3ccncc3)CCN2C1. The fourth-order valence-electron chi connectivity index (χ4n) is 5.06. The molecule has 0 spiro atoms. The molecule has 2 aromatic heterocycles. The Labute approximate surface area is 183 Å². The number of pyridine rings is 1. The van der Waals surface area contributed by atoms with Crippen molar-refractivity contribution in [2.45, 2.75) is 39.2 Å². The number of aromatic amines is 1. The molecule has 0 saturated carbocycles. The molecule has 2 aliphatic rings. The van der Waals surface area contributed by atoms with Crippen molar-refractivity contribution in [1.82, 2.24) is 14.9 Å². The highest BCUT2D eigenvalue weighted by atomic mass is 19.1. The zero-order chi connectivity index (χ0) is 21.4. The highest BCUT2D eigenvalue weighted by molar-refractivity contribution is 5.93.